The zero-order valence-electron chi connectivity index (χ0n) is 7.61. The lowest BCUT2D eigenvalue weighted by atomic mass is 10.3. The smallest absolute Gasteiger partial charge is 0.348 e. The number of aromatic hydroxyl groups is 1. The van der Waals surface area contributed by atoms with Crippen LogP contribution in [0.25, 0.3) is 0 Å². The molecule has 13 heavy (non-hydrogen) atoms. The summed E-state index contributed by atoms with van der Waals surface area (Å²) in [7, 11) is 0. The van der Waals surface area contributed by atoms with Crippen LogP contribution in [0.3, 0.4) is 0 Å². The Morgan fingerprint density at radius 2 is 2.46 bits per heavy atom. The van der Waals surface area contributed by atoms with Crippen LogP contribution in [-0.2, 0) is 4.74 Å². The molecule has 0 amide bonds. The second-order valence-electron chi connectivity index (χ2n) is 2.79. The summed E-state index contributed by atoms with van der Waals surface area (Å²) in [5, 5.41) is 10.5. The normalized spacial score (nSPS) is 12.5. The molecule has 0 aliphatic rings. The van der Waals surface area contributed by atoms with E-state index in [2.05, 4.69) is 0 Å². The molecule has 0 saturated carbocycles. The molecule has 72 valence electrons. The molecule has 1 aromatic rings. The monoisotopic (exact) mass is 200 g/mol. The van der Waals surface area contributed by atoms with Crippen LogP contribution in [0.15, 0.2) is 11.4 Å². The highest BCUT2D eigenvalue weighted by Crippen LogP contribution is 2.21. The van der Waals surface area contributed by atoms with Crippen molar-refractivity contribution in [3.63, 3.8) is 0 Å². The van der Waals surface area contributed by atoms with Gasteiger partial charge in [0, 0.05) is 11.4 Å². The largest absolute Gasteiger partial charge is 0.507 e. The van der Waals surface area contributed by atoms with Crippen molar-refractivity contribution in [2.75, 3.05) is 0 Å². The Bertz CT molecular complexity index is 293. The van der Waals surface area contributed by atoms with Gasteiger partial charge in [0.25, 0.3) is 0 Å². The van der Waals surface area contributed by atoms with Crippen LogP contribution >= 0.6 is 11.3 Å². The summed E-state index contributed by atoms with van der Waals surface area (Å²) in [6.07, 6.45) is 0.722. The Hall–Kier alpha value is -1.03. The van der Waals surface area contributed by atoms with Gasteiger partial charge in [-0.2, -0.15) is 0 Å². The highest BCUT2D eigenvalue weighted by molar-refractivity contribution is 7.12. The number of carbonyl (C=O) groups excluding carboxylic acids is 1. The van der Waals surface area contributed by atoms with E-state index in [1.54, 1.807) is 0 Å². The Labute approximate surface area is 81.0 Å². The van der Waals surface area contributed by atoms with E-state index in [1.807, 2.05) is 13.8 Å². The molecule has 0 aliphatic heterocycles. The quantitative estimate of drug-likeness (QED) is 0.762. The van der Waals surface area contributed by atoms with Gasteiger partial charge in [-0.1, -0.05) is 6.92 Å². The molecule has 0 fully saturated rings. The van der Waals surface area contributed by atoms with Crippen molar-refractivity contribution in [3.05, 3.63) is 16.3 Å². The molecule has 1 unspecified atom stereocenters. The number of ether oxygens (including phenoxy) is 1. The summed E-state index contributed by atoms with van der Waals surface area (Å²) in [4.78, 5) is 11.7. The third-order valence-electron chi connectivity index (χ3n) is 1.67. The lowest BCUT2D eigenvalue weighted by molar-refractivity contribution is 0.0340. The lowest BCUT2D eigenvalue weighted by Crippen LogP contribution is -2.12. The van der Waals surface area contributed by atoms with E-state index in [0.29, 0.717) is 4.88 Å². The van der Waals surface area contributed by atoms with E-state index >= 15 is 0 Å². The molecule has 0 aliphatic carbocycles. The highest BCUT2D eigenvalue weighted by atomic mass is 32.1. The minimum Gasteiger partial charge on any atom is -0.507 e. The first-order valence-corrected chi connectivity index (χ1v) is 5.00. The second kappa shape index (κ2) is 4.28. The molecule has 1 heterocycles. The van der Waals surface area contributed by atoms with Crippen molar-refractivity contribution in [2.45, 2.75) is 26.4 Å². The zero-order chi connectivity index (χ0) is 9.84. The molecular weight excluding hydrogens is 188 g/mol. The SMILES string of the molecule is CCC(C)OC(=O)c1cc(O)cs1. The third kappa shape index (κ3) is 2.73. The minimum absolute atomic E-state index is 0.0725. The topological polar surface area (TPSA) is 46.5 Å². The molecule has 0 bridgehead atoms. The zero-order valence-corrected chi connectivity index (χ0v) is 8.43. The van der Waals surface area contributed by atoms with E-state index in [0.717, 1.165) is 6.42 Å². The first-order valence-electron chi connectivity index (χ1n) is 4.12. The van der Waals surface area contributed by atoms with Gasteiger partial charge in [-0.15, -0.1) is 11.3 Å². The van der Waals surface area contributed by atoms with Crippen LogP contribution < -0.4 is 0 Å². The molecule has 0 spiro atoms. The van der Waals surface area contributed by atoms with Crippen molar-refractivity contribution in [3.8, 4) is 5.75 Å². The summed E-state index contributed by atoms with van der Waals surface area (Å²) >= 11 is 1.19. The van der Waals surface area contributed by atoms with E-state index in [9.17, 15) is 4.79 Å². The fourth-order valence-electron chi connectivity index (χ4n) is 0.757. The maximum atomic E-state index is 11.3. The number of thiophene rings is 1. The Balaban J connectivity index is 2.58. The Morgan fingerprint density at radius 1 is 1.77 bits per heavy atom. The van der Waals surface area contributed by atoms with Gasteiger partial charge in [-0.05, 0) is 13.3 Å². The molecule has 4 heteroatoms. The van der Waals surface area contributed by atoms with Crippen molar-refractivity contribution in [1.29, 1.82) is 0 Å². The number of hydrogen-bond acceptors (Lipinski definition) is 4. The van der Waals surface area contributed by atoms with Crippen molar-refractivity contribution < 1.29 is 14.6 Å². The summed E-state index contributed by atoms with van der Waals surface area (Å²) in [5.74, 6) is -0.249. The Morgan fingerprint density at radius 3 is 2.92 bits per heavy atom. The fraction of sp³-hybridized carbons (Fsp3) is 0.444. The van der Waals surface area contributed by atoms with Gasteiger partial charge in [0.1, 0.15) is 10.6 Å². The van der Waals surface area contributed by atoms with Crippen LogP contribution in [0.5, 0.6) is 5.75 Å². The number of rotatable bonds is 3. The van der Waals surface area contributed by atoms with Crippen LogP contribution in [0.4, 0.5) is 0 Å². The Kier molecular flexibility index (Phi) is 3.31. The van der Waals surface area contributed by atoms with Gasteiger partial charge in [0.2, 0.25) is 0 Å². The number of hydrogen-bond donors (Lipinski definition) is 1. The molecule has 1 atom stereocenters. The van der Waals surface area contributed by atoms with Gasteiger partial charge in [-0.3, -0.25) is 0 Å². The van der Waals surface area contributed by atoms with Gasteiger partial charge < -0.3 is 9.84 Å². The van der Waals surface area contributed by atoms with Crippen molar-refractivity contribution >= 4 is 17.3 Å². The third-order valence-corrected chi connectivity index (χ3v) is 2.57. The van der Waals surface area contributed by atoms with E-state index < -0.39 is 0 Å². The molecule has 1 rings (SSSR count). The van der Waals surface area contributed by atoms with Crippen molar-refractivity contribution in [2.24, 2.45) is 0 Å². The summed E-state index contributed by atoms with van der Waals surface area (Å²) < 4.78 is 5.06. The maximum absolute atomic E-state index is 11.3. The molecule has 0 aromatic carbocycles. The van der Waals surface area contributed by atoms with E-state index in [1.165, 1.54) is 22.8 Å². The van der Waals surface area contributed by atoms with Gasteiger partial charge in [0.05, 0.1) is 6.10 Å². The lowest BCUT2D eigenvalue weighted by Gasteiger charge is -2.08. The predicted molar refractivity (Wildman–Crippen MR) is 51.2 cm³/mol. The first-order chi connectivity index (χ1) is 6.13. The first kappa shape index (κ1) is 10.1. The number of esters is 1. The molecule has 3 nitrogen and oxygen atoms in total. The average Bonchev–Trinajstić information content (AvgIpc) is 2.51. The average molecular weight is 200 g/mol. The molecule has 0 radical (unpaired) electrons. The van der Waals surface area contributed by atoms with Gasteiger partial charge in [0.15, 0.2) is 0 Å². The predicted octanol–water partition coefficient (Wildman–Crippen LogP) is 2.41. The van der Waals surface area contributed by atoms with E-state index in [4.69, 9.17) is 9.84 Å². The van der Waals surface area contributed by atoms with Crippen LogP contribution in [0, 0.1) is 0 Å². The standard InChI is InChI=1S/C9H12O3S/c1-3-6(2)12-9(11)8-4-7(10)5-13-8/h4-6,10H,3H2,1-2H3. The summed E-state index contributed by atoms with van der Waals surface area (Å²) in [5.41, 5.74) is 0. The van der Waals surface area contributed by atoms with Crippen molar-refractivity contribution in [1.82, 2.24) is 0 Å². The van der Waals surface area contributed by atoms with Crippen LogP contribution in [0.1, 0.15) is 29.9 Å². The minimum atomic E-state index is -0.361. The summed E-state index contributed by atoms with van der Waals surface area (Å²) in [6, 6.07) is 1.41. The second-order valence-corrected chi connectivity index (χ2v) is 3.70. The highest BCUT2D eigenvalue weighted by Gasteiger charge is 2.12. The summed E-state index contributed by atoms with van der Waals surface area (Å²) in [6.45, 7) is 3.79. The van der Waals surface area contributed by atoms with Crippen LogP contribution in [0.2, 0.25) is 0 Å². The van der Waals surface area contributed by atoms with Gasteiger partial charge in [-0.25, -0.2) is 4.79 Å². The maximum Gasteiger partial charge on any atom is 0.348 e. The molecular formula is C9H12O3S. The van der Waals surface area contributed by atoms with Gasteiger partial charge >= 0.3 is 5.97 Å². The molecule has 1 N–H and O–H groups in total. The molecule has 0 saturated heterocycles. The fourth-order valence-corrected chi connectivity index (χ4v) is 1.41. The number of carbonyl (C=O) groups is 1. The molecule has 1 aromatic heterocycles. The van der Waals surface area contributed by atoms with Crippen LogP contribution in [-0.4, -0.2) is 17.2 Å². The van der Waals surface area contributed by atoms with E-state index in [-0.39, 0.29) is 17.8 Å².